The minimum absolute atomic E-state index is 0.108. The van der Waals surface area contributed by atoms with E-state index in [1.54, 1.807) is 18.2 Å². The standard InChI is InChI=1S/C18H18Cl2O4/c1-4-12-9-15(20)17(8-11(12)2)23-10-13-14(19)6-5-7-16(13)24-18(21)22-3/h5-9H,4,10H2,1-3H3. The molecule has 0 aromatic heterocycles. The van der Waals surface area contributed by atoms with Gasteiger partial charge >= 0.3 is 6.16 Å². The molecule has 0 amide bonds. The first-order chi connectivity index (χ1) is 11.5. The first-order valence-electron chi connectivity index (χ1n) is 7.41. The molecule has 2 aromatic rings. The molecule has 0 fully saturated rings. The highest BCUT2D eigenvalue weighted by atomic mass is 35.5. The fraction of sp³-hybridized carbons (Fsp3) is 0.278. The predicted molar refractivity (Wildman–Crippen MR) is 94.4 cm³/mol. The normalized spacial score (nSPS) is 10.4. The van der Waals surface area contributed by atoms with Gasteiger partial charge in [0.15, 0.2) is 0 Å². The lowest BCUT2D eigenvalue weighted by Crippen LogP contribution is -2.10. The lowest BCUT2D eigenvalue weighted by atomic mass is 10.1. The number of carbonyl (C=O) groups is 1. The smallest absolute Gasteiger partial charge is 0.487 e. The summed E-state index contributed by atoms with van der Waals surface area (Å²) in [5, 5.41) is 0.953. The minimum Gasteiger partial charge on any atom is -0.487 e. The number of carbonyl (C=O) groups excluding carboxylic acids is 1. The highest BCUT2D eigenvalue weighted by Crippen LogP contribution is 2.32. The van der Waals surface area contributed by atoms with Crippen LogP contribution in [0.1, 0.15) is 23.6 Å². The van der Waals surface area contributed by atoms with Crippen molar-refractivity contribution in [2.45, 2.75) is 26.9 Å². The van der Waals surface area contributed by atoms with Crippen LogP contribution in [0.3, 0.4) is 0 Å². The maximum atomic E-state index is 11.3. The Kier molecular flexibility index (Phi) is 6.35. The molecule has 0 saturated carbocycles. The fourth-order valence-electron chi connectivity index (χ4n) is 2.24. The van der Waals surface area contributed by atoms with E-state index in [2.05, 4.69) is 11.7 Å². The molecule has 2 rings (SSSR count). The molecule has 0 aliphatic rings. The molecule has 0 unspecified atom stereocenters. The van der Waals surface area contributed by atoms with E-state index in [1.807, 2.05) is 19.1 Å². The van der Waals surface area contributed by atoms with Gasteiger partial charge in [-0.15, -0.1) is 0 Å². The van der Waals surface area contributed by atoms with Crippen LogP contribution in [0.4, 0.5) is 4.79 Å². The largest absolute Gasteiger partial charge is 0.513 e. The van der Waals surface area contributed by atoms with E-state index in [9.17, 15) is 4.79 Å². The molecule has 0 aliphatic carbocycles. The molecule has 2 aromatic carbocycles. The van der Waals surface area contributed by atoms with Gasteiger partial charge in [-0.05, 0) is 48.7 Å². The summed E-state index contributed by atoms with van der Waals surface area (Å²) < 4.78 is 15.4. The van der Waals surface area contributed by atoms with Gasteiger partial charge in [0.25, 0.3) is 0 Å². The lowest BCUT2D eigenvalue weighted by molar-refractivity contribution is 0.120. The Balaban J connectivity index is 2.23. The second kappa shape index (κ2) is 8.27. The Morgan fingerprint density at radius 3 is 2.54 bits per heavy atom. The zero-order valence-electron chi connectivity index (χ0n) is 13.7. The van der Waals surface area contributed by atoms with Crippen molar-refractivity contribution in [3.8, 4) is 11.5 Å². The minimum atomic E-state index is -0.820. The lowest BCUT2D eigenvalue weighted by Gasteiger charge is -2.14. The molecule has 128 valence electrons. The van der Waals surface area contributed by atoms with Crippen molar-refractivity contribution in [3.05, 3.63) is 57.1 Å². The highest BCUT2D eigenvalue weighted by Gasteiger charge is 2.14. The van der Waals surface area contributed by atoms with Gasteiger partial charge in [0.2, 0.25) is 0 Å². The van der Waals surface area contributed by atoms with Gasteiger partial charge in [0.05, 0.1) is 22.7 Å². The molecule has 0 aliphatic heterocycles. The molecule has 0 N–H and O–H groups in total. The van der Waals surface area contributed by atoms with E-state index in [1.165, 1.54) is 12.7 Å². The summed E-state index contributed by atoms with van der Waals surface area (Å²) in [7, 11) is 1.24. The number of hydrogen-bond acceptors (Lipinski definition) is 4. The molecule has 0 radical (unpaired) electrons. The van der Waals surface area contributed by atoms with Crippen LogP contribution in [0.2, 0.25) is 10.0 Å². The average molecular weight is 369 g/mol. The van der Waals surface area contributed by atoms with Crippen LogP contribution in [0.15, 0.2) is 30.3 Å². The summed E-state index contributed by atoms with van der Waals surface area (Å²) in [4.78, 5) is 11.3. The first-order valence-corrected chi connectivity index (χ1v) is 8.16. The maximum Gasteiger partial charge on any atom is 0.513 e. The van der Waals surface area contributed by atoms with Crippen LogP contribution in [0.5, 0.6) is 11.5 Å². The number of hydrogen-bond donors (Lipinski definition) is 0. The Hall–Kier alpha value is -1.91. The van der Waals surface area contributed by atoms with E-state index in [4.69, 9.17) is 32.7 Å². The summed E-state index contributed by atoms with van der Waals surface area (Å²) in [5.74, 6) is 0.836. The average Bonchev–Trinajstić information content (AvgIpc) is 2.56. The number of ether oxygens (including phenoxy) is 3. The van der Waals surface area contributed by atoms with Crippen LogP contribution < -0.4 is 9.47 Å². The van der Waals surface area contributed by atoms with Crippen LogP contribution in [-0.2, 0) is 17.8 Å². The van der Waals surface area contributed by atoms with Gasteiger partial charge < -0.3 is 14.2 Å². The van der Waals surface area contributed by atoms with Crippen molar-refractivity contribution in [2.75, 3.05) is 7.11 Å². The summed E-state index contributed by atoms with van der Waals surface area (Å²) in [5.41, 5.74) is 2.81. The Bertz CT molecular complexity index is 744. The molecule has 6 heteroatoms. The Morgan fingerprint density at radius 1 is 1.12 bits per heavy atom. The van der Waals surface area contributed by atoms with Crippen LogP contribution in [0.25, 0.3) is 0 Å². The monoisotopic (exact) mass is 368 g/mol. The molecule has 0 saturated heterocycles. The summed E-state index contributed by atoms with van der Waals surface area (Å²) in [6, 6.07) is 8.77. The van der Waals surface area contributed by atoms with Gasteiger partial charge in [-0.3, -0.25) is 0 Å². The van der Waals surface area contributed by atoms with Gasteiger partial charge in [-0.25, -0.2) is 4.79 Å². The van der Waals surface area contributed by atoms with E-state index in [0.29, 0.717) is 21.4 Å². The van der Waals surface area contributed by atoms with Crippen LogP contribution in [0, 0.1) is 6.92 Å². The van der Waals surface area contributed by atoms with Crippen LogP contribution in [-0.4, -0.2) is 13.3 Å². The van der Waals surface area contributed by atoms with Gasteiger partial charge in [0.1, 0.15) is 18.1 Å². The molecule has 0 bridgehead atoms. The summed E-state index contributed by atoms with van der Waals surface area (Å²) in [6.45, 7) is 4.18. The second-order valence-corrected chi connectivity index (χ2v) is 5.94. The third-order valence-electron chi connectivity index (χ3n) is 3.58. The molecule has 24 heavy (non-hydrogen) atoms. The van der Waals surface area contributed by atoms with Gasteiger partial charge in [-0.2, -0.15) is 0 Å². The van der Waals surface area contributed by atoms with E-state index in [-0.39, 0.29) is 12.4 Å². The molecule has 0 atom stereocenters. The predicted octanol–water partition coefficient (Wildman–Crippen LogP) is 5.59. The maximum absolute atomic E-state index is 11.3. The third kappa shape index (κ3) is 4.34. The SMILES string of the molecule is CCc1cc(Cl)c(OCc2c(Cl)cccc2OC(=O)OC)cc1C. The molecular formula is C18H18Cl2O4. The Labute approximate surface area is 151 Å². The molecular weight excluding hydrogens is 351 g/mol. The van der Waals surface area contributed by atoms with Gasteiger partial charge in [0, 0.05) is 0 Å². The Morgan fingerprint density at radius 2 is 1.88 bits per heavy atom. The fourth-order valence-corrected chi connectivity index (χ4v) is 2.70. The van der Waals surface area contributed by atoms with E-state index < -0.39 is 6.16 Å². The number of rotatable bonds is 5. The van der Waals surface area contributed by atoms with Crippen molar-refractivity contribution < 1.29 is 19.0 Å². The van der Waals surface area contributed by atoms with Crippen molar-refractivity contribution in [1.82, 2.24) is 0 Å². The molecule has 0 spiro atoms. The van der Waals surface area contributed by atoms with Gasteiger partial charge in [-0.1, -0.05) is 36.2 Å². The second-order valence-electron chi connectivity index (χ2n) is 5.12. The topological polar surface area (TPSA) is 44.8 Å². The van der Waals surface area contributed by atoms with Crippen molar-refractivity contribution in [2.24, 2.45) is 0 Å². The van der Waals surface area contributed by atoms with E-state index in [0.717, 1.165) is 12.0 Å². The number of benzene rings is 2. The first kappa shape index (κ1) is 18.4. The van der Waals surface area contributed by atoms with E-state index >= 15 is 0 Å². The third-order valence-corrected chi connectivity index (χ3v) is 4.23. The highest BCUT2D eigenvalue weighted by molar-refractivity contribution is 6.32. The summed E-state index contributed by atoms with van der Waals surface area (Å²) >= 11 is 12.5. The zero-order chi connectivity index (χ0) is 17.7. The zero-order valence-corrected chi connectivity index (χ0v) is 15.2. The quantitative estimate of drug-likeness (QED) is 0.509. The van der Waals surface area contributed by atoms with Crippen LogP contribution >= 0.6 is 23.2 Å². The van der Waals surface area contributed by atoms with Crippen molar-refractivity contribution >= 4 is 29.4 Å². The summed E-state index contributed by atoms with van der Waals surface area (Å²) in [6.07, 6.45) is 0.0766. The van der Waals surface area contributed by atoms with Crippen molar-refractivity contribution in [3.63, 3.8) is 0 Å². The number of methoxy groups -OCH3 is 1. The molecule has 4 nitrogen and oxygen atoms in total. The van der Waals surface area contributed by atoms with Crippen molar-refractivity contribution in [1.29, 1.82) is 0 Å². The number of halogens is 2. The number of aryl methyl sites for hydroxylation is 2. The molecule has 0 heterocycles.